The Morgan fingerprint density at radius 2 is 1.81 bits per heavy atom. The minimum Gasteiger partial charge on any atom is -0.377 e. The van der Waals surface area contributed by atoms with Crippen LogP contribution in [0.25, 0.3) is 0 Å². The van der Waals surface area contributed by atoms with E-state index in [4.69, 9.17) is 4.74 Å². The molecule has 0 amide bonds. The predicted octanol–water partition coefficient (Wildman–Crippen LogP) is 3.22. The van der Waals surface area contributed by atoms with E-state index in [0.29, 0.717) is 23.5 Å². The summed E-state index contributed by atoms with van der Waals surface area (Å²) in [6.45, 7) is 10.1. The highest BCUT2D eigenvalue weighted by Crippen LogP contribution is 2.36. The maximum absolute atomic E-state index is 6.03. The number of rotatable bonds is 5. The Balaban J connectivity index is 2.24. The van der Waals surface area contributed by atoms with Gasteiger partial charge in [-0.3, -0.25) is 0 Å². The van der Waals surface area contributed by atoms with E-state index in [2.05, 4.69) is 33.0 Å². The molecule has 0 aromatic rings. The second-order valence-electron chi connectivity index (χ2n) is 6.34. The molecular weight excluding hydrogens is 198 g/mol. The Labute approximate surface area is 101 Å². The van der Waals surface area contributed by atoms with Gasteiger partial charge in [0.1, 0.15) is 0 Å². The second kappa shape index (κ2) is 6.02. The number of hydrogen-bond acceptors (Lipinski definition) is 2. The molecule has 0 bridgehead atoms. The Kier molecular flexibility index (Phi) is 5.26. The standard InChI is InChI=1S/C14H29NO/c1-11(2)13(15-5)10-16-12-6-8-14(3,4)9-7-12/h11-13,15H,6-10H2,1-5H3. The molecule has 1 rings (SSSR count). The average Bonchev–Trinajstić information content (AvgIpc) is 2.20. The summed E-state index contributed by atoms with van der Waals surface area (Å²) >= 11 is 0. The highest BCUT2D eigenvalue weighted by molar-refractivity contribution is 4.79. The van der Waals surface area contributed by atoms with Crippen molar-refractivity contribution >= 4 is 0 Å². The molecule has 96 valence electrons. The van der Waals surface area contributed by atoms with Crippen molar-refractivity contribution < 1.29 is 4.74 Å². The van der Waals surface area contributed by atoms with E-state index in [1.165, 1.54) is 25.7 Å². The Hall–Kier alpha value is -0.0800. The number of hydrogen-bond donors (Lipinski definition) is 1. The van der Waals surface area contributed by atoms with Crippen LogP contribution in [0.5, 0.6) is 0 Å². The molecule has 16 heavy (non-hydrogen) atoms. The van der Waals surface area contributed by atoms with Gasteiger partial charge in [0.05, 0.1) is 12.7 Å². The number of likely N-dealkylation sites (N-methyl/N-ethyl adjacent to an activating group) is 1. The molecule has 0 aromatic heterocycles. The first-order valence-corrected chi connectivity index (χ1v) is 6.73. The lowest BCUT2D eigenvalue weighted by Crippen LogP contribution is -2.37. The molecule has 0 aliphatic heterocycles. The SMILES string of the molecule is CNC(COC1CCC(C)(C)CC1)C(C)C. The zero-order valence-electron chi connectivity index (χ0n) is 11.7. The van der Waals surface area contributed by atoms with Crippen molar-refractivity contribution in [3.05, 3.63) is 0 Å². The van der Waals surface area contributed by atoms with Crippen molar-refractivity contribution in [1.29, 1.82) is 0 Å². The third kappa shape index (κ3) is 4.42. The summed E-state index contributed by atoms with van der Waals surface area (Å²) in [6.07, 6.45) is 5.60. The molecule has 0 aromatic carbocycles. The number of nitrogens with one attached hydrogen (secondary N) is 1. The Morgan fingerprint density at radius 3 is 2.25 bits per heavy atom. The fraction of sp³-hybridized carbons (Fsp3) is 1.00. The van der Waals surface area contributed by atoms with Crippen molar-refractivity contribution in [2.75, 3.05) is 13.7 Å². The smallest absolute Gasteiger partial charge is 0.0625 e. The fourth-order valence-electron chi connectivity index (χ4n) is 2.39. The van der Waals surface area contributed by atoms with Gasteiger partial charge in [0.2, 0.25) is 0 Å². The lowest BCUT2D eigenvalue weighted by molar-refractivity contribution is -0.00966. The molecule has 1 fully saturated rings. The second-order valence-corrected chi connectivity index (χ2v) is 6.34. The van der Waals surface area contributed by atoms with E-state index in [0.717, 1.165) is 6.61 Å². The lowest BCUT2D eigenvalue weighted by Gasteiger charge is -2.35. The molecule has 1 N–H and O–H groups in total. The molecule has 1 aliphatic rings. The first kappa shape index (κ1) is 14.0. The van der Waals surface area contributed by atoms with Gasteiger partial charge in [0.25, 0.3) is 0 Å². The topological polar surface area (TPSA) is 21.3 Å². The molecular formula is C14H29NO. The summed E-state index contributed by atoms with van der Waals surface area (Å²) < 4.78 is 6.03. The molecule has 1 atom stereocenters. The molecule has 0 saturated heterocycles. The van der Waals surface area contributed by atoms with E-state index in [9.17, 15) is 0 Å². The van der Waals surface area contributed by atoms with Gasteiger partial charge in [-0.15, -0.1) is 0 Å². The molecule has 1 aliphatic carbocycles. The summed E-state index contributed by atoms with van der Waals surface area (Å²) in [6, 6.07) is 0.495. The molecule has 1 unspecified atom stereocenters. The molecule has 0 spiro atoms. The van der Waals surface area contributed by atoms with Gasteiger partial charge >= 0.3 is 0 Å². The highest BCUT2D eigenvalue weighted by atomic mass is 16.5. The highest BCUT2D eigenvalue weighted by Gasteiger charge is 2.27. The normalized spacial score (nSPS) is 23.6. The van der Waals surface area contributed by atoms with E-state index in [1.54, 1.807) is 0 Å². The van der Waals surface area contributed by atoms with Crippen molar-refractivity contribution in [3.63, 3.8) is 0 Å². The molecule has 1 saturated carbocycles. The van der Waals surface area contributed by atoms with Crippen LogP contribution in [0.4, 0.5) is 0 Å². The van der Waals surface area contributed by atoms with Gasteiger partial charge in [-0.2, -0.15) is 0 Å². The van der Waals surface area contributed by atoms with E-state index in [1.807, 2.05) is 7.05 Å². The van der Waals surface area contributed by atoms with Crippen LogP contribution >= 0.6 is 0 Å². The van der Waals surface area contributed by atoms with Crippen LogP contribution < -0.4 is 5.32 Å². The average molecular weight is 227 g/mol. The molecule has 2 nitrogen and oxygen atoms in total. The van der Waals surface area contributed by atoms with Crippen LogP contribution in [0.1, 0.15) is 53.4 Å². The van der Waals surface area contributed by atoms with Gasteiger partial charge in [0.15, 0.2) is 0 Å². The third-order valence-corrected chi connectivity index (χ3v) is 3.97. The zero-order chi connectivity index (χ0) is 12.2. The molecule has 2 heteroatoms. The van der Waals surface area contributed by atoms with Crippen LogP contribution in [0.2, 0.25) is 0 Å². The predicted molar refractivity (Wildman–Crippen MR) is 69.7 cm³/mol. The first-order valence-electron chi connectivity index (χ1n) is 6.73. The van der Waals surface area contributed by atoms with Crippen molar-refractivity contribution in [2.24, 2.45) is 11.3 Å². The minimum atomic E-state index is 0.495. The van der Waals surface area contributed by atoms with Gasteiger partial charge in [-0.1, -0.05) is 27.7 Å². The fourth-order valence-corrected chi connectivity index (χ4v) is 2.39. The van der Waals surface area contributed by atoms with Crippen LogP contribution in [0.3, 0.4) is 0 Å². The minimum absolute atomic E-state index is 0.495. The van der Waals surface area contributed by atoms with Crippen LogP contribution in [-0.2, 0) is 4.74 Å². The van der Waals surface area contributed by atoms with Crippen LogP contribution in [0.15, 0.2) is 0 Å². The monoisotopic (exact) mass is 227 g/mol. The first-order chi connectivity index (χ1) is 7.44. The molecule has 0 radical (unpaired) electrons. The van der Waals surface area contributed by atoms with Gasteiger partial charge in [0, 0.05) is 6.04 Å². The summed E-state index contributed by atoms with van der Waals surface area (Å²) in [5, 5.41) is 3.33. The summed E-state index contributed by atoms with van der Waals surface area (Å²) in [5.74, 6) is 0.644. The van der Waals surface area contributed by atoms with Gasteiger partial charge in [-0.25, -0.2) is 0 Å². The quantitative estimate of drug-likeness (QED) is 0.778. The van der Waals surface area contributed by atoms with Gasteiger partial charge < -0.3 is 10.1 Å². The zero-order valence-corrected chi connectivity index (χ0v) is 11.7. The third-order valence-electron chi connectivity index (χ3n) is 3.97. The summed E-state index contributed by atoms with van der Waals surface area (Å²) in [7, 11) is 2.03. The largest absolute Gasteiger partial charge is 0.377 e. The maximum atomic E-state index is 6.03. The van der Waals surface area contributed by atoms with Crippen molar-refractivity contribution in [3.8, 4) is 0 Å². The van der Waals surface area contributed by atoms with E-state index in [-0.39, 0.29) is 0 Å². The van der Waals surface area contributed by atoms with Crippen molar-refractivity contribution in [1.82, 2.24) is 5.32 Å². The Bertz CT molecular complexity index is 191. The maximum Gasteiger partial charge on any atom is 0.0625 e. The van der Waals surface area contributed by atoms with E-state index < -0.39 is 0 Å². The van der Waals surface area contributed by atoms with Crippen LogP contribution in [-0.4, -0.2) is 25.8 Å². The summed E-state index contributed by atoms with van der Waals surface area (Å²) in [5.41, 5.74) is 0.542. The van der Waals surface area contributed by atoms with Gasteiger partial charge in [-0.05, 0) is 44.1 Å². The summed E-state index contributed by atoms with van der Waals surface area (Å²) in [4.78, 5) is 0. The van der Waals surface area contributed by atoms with E-state index >= 15 is 0 Å². The number of ether oxygens (including phenoxy) is 1. The lowest BCUT2D eigenvalue weighted by atomic mass is 9.76. The molecule has 0 heterocycles. The van der Waals surface area contributed by atoms with Crippen molar-refractivity contribution in [2.45, 2.75) is 65.5 Å². The Morgan fingerprint density at radius 1 is 1.25 bits per heavy atom. The van der Waals surface area contributed by atoms with Crippen LogP contribution in [0, 0.1) is 11.3 Å².